The number of benzene rings is 1. The van der Waals surface area contributed by atoms with Crippen molar-refractivity contribution in [3.05, 3.63) is 42.4 Å². The van der Waals surface area contributed by atoms with Crippen LogP contribution in [0.25, 0.3) is 0 Å². The van der Waals surface area contributed by atoms with Crippen LogP contribution in [0.2, 0.25) is 0 Å². The first kappa shape index (κ1) is 17.0. The van der Waals surface area contributed by atoms with Gasteiger partial charge >= 0.3 is 6.03 Å². The number of nitrogens with one attached hydrogen (secondary N) is 1. The highest BCUT2D eigenvalue weighted by Gasteiger charge is 2.30. The van der Waals surface area contributed by atoms with E-state index < -0.39 is 0 Å². The zero-order valence-corrected chi connectivity index (χ0v) is 14.4. The molecule has 1 fully saturated rings. The monoisotopic (exact) mass is 342 g/mol. The van der Waals surface area contributed by atoms with Crippen molar-refractivity contribution in [2.75, 3.05) is 26.1 Å². The topological polar surface area (TPSA) is 76.6 Å². The van der Waals surface area contributed by atoms with Crippen LogP contribution >= 0.6 is 0 Å². The number of anilines is 1. The molecule has 1 aliphatic rings. The highest BCUT2D eigenvalue weighted by molar-refractivity contribution is 5.90. The molecule has 132 valence electrons. The molecule has 1 N–H and O–H groups in total. The SMILES string of the molecule is COc1ccccc1CC1CCCN1C(=O)Nc1cncnc1OC. The van der Waals surface area contributed by atoms with Gasteiger partial charge in [0.05, 0.1) is 20.4 Å². The maximum atomic E-state index is 12.7. The lowest BCUT2D eigenvalue weighted by Crippen LogP contribution is -2.39. The first-order chi connectivity index (χ1) is 12.2. The summed E-state index contributed by atoms with van der Waals surface area (Å²) in [5.41, 5.74) is 1.58. The van der Waals surface area contributed by atoms with Gasteiger partial charge in [-0.1, -0.05) is 18.2 Å². The molecule has 25 heavy (non-hydrogen) atoms. The third kappa shape index (κ3) is 3.81. The minimum atomic E-state index is -0.162. The van der Waals surface area contributed by atoms with Crippen LogP contribution in [0.4, 0.5) is 10.5 Å². The fraction of sp³-hybridized carbons (Fsp3) is 0.389. The summed E-state index contributed by atoms with van der Waals surface area (Å²) in [4.78, 5) is 22.5. The van der Waals surface area contributed by atoms with E-state index in [1.807, 2.05) is 29.2 Å². The number of nitrogens with zero attached hydrogens (tertiary/aromatic N) is 3. The van der Waals surface area contributed by atoms with Gasteiger partial charge in [0.1, 0.15) is 17.8 Å². The van der Waals surface area contributed by atoms with Crippen LogP contribution in [0.5, 0.6) is 11.6 Å². The second-order valence-corrected chi connectivity index (χ2v) is 5.88. The zero-order chi connectivity index (χ0) is 17.6. The number of para-hydroxylation sites is 1. The lowest BCUT2D eigenvalue weighted by Gasteiger charge is -2.25. The fourth-order valence-electron chi connectivity index (χ4n) is 3.19. The molecule has 2 heterocycles. The number of amides is 2. The molecule has 7 heteroatoms. The molecule has 1 unspecified atom stereocenters. The average molecular weight is 342 g/mol. The van der Waals surface area contributed by atoms with E-state index in [4.69, 9.17) is 9.47 Å². The normalized spacial score (nSPS) is 16.6. The minimum absolute atomic E-state index is 0.131. The summed E-state index contributed by atoms with van der Waals surface area (Å²) >= 11 is 0. The third-order valence-corrected chi connectivity index (χ3v) is 4.40. The van der Waals surface area contributed by atoms with Crippen LogP contribution in [0, 0.1) is 0 Å². The molecule has 1 aromatic carbocycles. The molecule has 0 saturated carbocycles. The molecular formula is C18H22N4O3. The molecule has 3 rings (SSSR count). The maximum Gasteiger partial charge on any atom is 0.322 e. The Balaban J connectivity index is 1.71. The van der Waals surface area contributed by atoms with E-state index in [0.29, 0.717) is 11.6 Å². The molecule has 1 atom stereocenters. The summed E-state index contributed by atoms with van der Waals surface area (Å²) in [7, 11) is 3.18. The summed E-state index contributed by atoms with van der Waals surface area (Å²) < 4.78 is 10.6. The van der Waals surface area contributed by atoms with E-state index in [2.05, 4.69) is 15.3 Å². The number of rotatable bonds is 5. The van der Waals surface area contributed by atoms with E-state index >= 15 is 0 Å². The lowest BCUT2D eigenvalue weighted by molar-refractivity contribution is 0.206. The van der Waals surface area contributed by atoms with Crippen molar-refractivity contribution in [2.24, 2.45) is 0 Å². The Morgan fingerprint density at radius 1 is 1.32 bits per heavy atom. The molecule has 2 amide bonds. The van der Waals surface area contributed by atoms with E-state index in [-0.39, 0.29) is 12.1 Å². The number of hydrogen-bond donors (Lipinski definition) is 1. The van der Waals surface area contributed by atoms with Crippen LogP contribution in [-0.4, -0.2) is 47.7 Å². The van der Waals surface area contributed by atoms with Crippen molar-refractivity contribution in [1.29, 1.82) is 0 Å². The quantitative estimate of drug-likeness (QED) is 0.904. The highest BCUT2D eigenvalue weighted by atomic mass is 16.5. The van der Waals surface area contributed by atoms with Crippen LogP contribution in [-0.2, 0) is 6.42 Å². The summed E-state index contributed by atoms with van der Waals surface area (Å²) in [6, 6.07) is 7.90. The first-order valence-corrected chi connectivity index (χ1v) is 8.26. The van der Waals surface area contributed by atoms with E-state index in [0.717, 1.165) is 37.1 Å². The maximum absolute atomic E-state index is 12.7. The highest BCUT2D eigenvalue weighted by Crippen LogP contribution is 2.27. The van der Waals surface area contributed by atoms with Gasteiger partial charge in [0.15, 0.2) is 0 Å². The standard InChI is InChI=1S/C18H22N4O3/c1-24-16-8-4-3-6-13(16)10-14-7-5-9-22(14)18(23)21-15-11-19-12-20-17(15)25-2/h3-4,6,8,11-12,14H,5,7,9-10H2,1-2H3,(H,21,23). The second-order valence-electron chi connectivity index (χ2n) is 5.88. The van der Waals surface area contributed by atoms with Crippen molar-refractivity contribution >= 4 is 11.7 Å². The van der Waals surface area contributed by atoms with Gasteiger partial charge in [-0.3, -0.25) is 0 Å². The zero-order valence-electron chi connectivity index (χ0n) is 14.4. The van der Waals surface area contributed by atoms with Crippen molar-refractivity contribution in [3.63, 3.8) is 0 Å². The number of hydrogen-bond acceptors (Lipinski definition) is 5. The summed E-state index contributed by atoms with van der Waals surface area (Å²) in [5.74, 6) is 1.21. The van der Waals surface area contributed by atoms with Gasteiger partial charge in [-0.15, -0.1) is 0 Å². The predicted molar refractivity (Wildman–Crippen MR) is 94.0 cm³/mol. The van der Waals surface area contributed by atoms with Crippen LogP contribution in [0.15, 0.2) is 36.8 Å². The number of carbonyl (C=O) groups excluding carboxylic acids is 1. The molecule has 1 saturated heterocycles. The molecule has 1 aliphatic heterocycles. The molecule has 7 nitrogen and oxygen atoms in total. The number of carbonyl (C=O) groups is 1. The number of methoxy groups -OCH3 is 2. The Hall–Kier alpha value is -2.83. The van der Waals surface area contributed by atoms with Crippen molar-refractivity contribution in [2.45, 2.75) is 25.3 Å². The minimum Gasteiger partial charge on any atom is -0.496 e. The Morgan fingerprint density at radius 3 is 2.96 bits per heavy atom. The Labute approximate surface area is 147 Å². The van der Waals surface area contributed by atoms with E-state index in [1.54, 1.807) is 7.11 Å². The van der Waals surface area contributed by atoms with Gasteiger partial charge in [0, 0.05) is 12.6 Å². The van der Waals surface area contributed by atoms with Crippen molar-refractivity contribution in [3.8, 4) is 11.6 Å². The van der Waals surface area contributed by atoms with Crippen LogP contribution < -0.4 is 14.8 Å². The molecule has 0 spiro atoms. The van der Waals surface area contributed by atoms with Crippen molar-refractivity contribution < 1.29 is 14.3 Å². The molecule has 1 aromatic heterocycles. The predicted octanol–water partition coefficient (Wildman–Crippen LogP) is 2.73. The first-order valence-electron chi connectivity index (χ1n) is 8.26. The number of likely N-dealkylation sites (tertiary alicyclic amines) is 1. The average Bonchev–Trinajstić information content (AvgIpc) is 3.11. The molecular weight excluding hydrogens is 320 g/mol. The van der Waals surface area contributed by atoms with Crippen LogP contribution in [0.3, 0.4) is 0 Å². The third-order valence-electron chi connectivity index (χ3n) is 4.40. The Kier molecular flexibility index (Phi) is 5.33. The number of urea groups is 1. The van der Waals surface area contributed by atoms with Gasteiger partial charge < -0.3 is 19.7 Å². The summed E-state index contributed by atoms with van der Waals surface area (Å²) in [5, 5.41) is 2.85. The number of aromatic nitrogens is 2. The second kappa shape index (κ2) is 7.83. The summed E-state index contributed by atoms with van der Waals surface area (Å²) in [6.45, 7) is 0.724. The molecule has 0 bridgehead atoms. The van der Waals surface area contributed by atoms with Crippen molar-refractivity contribution in [1.82, 2.24) is 14.9 Å². The Morgan fingerprint density at radius 2 is 2.16 bits per heavy atom. The van der Waals surface area contributed by atoms with Gasteiger partial charge in [-0.05, 0) is 30.9 Å². The smallest absolute Gasteiger partial charge is 0.322 e. The lowest BCUT2D eigenvalue weighted by atomic mass is 10.0. The van der Waals surface area contributed by atoms with E-state index in [1.165, 1.54) is 19.6 Å². The molecule has 0 radical (unpaired) electrons. The van der Waals surface area contributed by atoms with Crippen LogP contribution in [0.1, 0.15) is 18.4 Å². The van der Waals surface area contributed by atoms with Gasteiger partial charge in [-0.25, -0.2) is 9.78 Å². The van der Waals surface area contributed by atoms with Gasteiger partial charge in [0.2, 0.25) is 5.88 Å². The molecule has 0 aliphatic carbocycles. The Bertz CT molecular complexity index is 738. The van der Waals surface area contributed by atoms with E-state index in [9.17, 15) is 4.79 Å². The summed E-state index contributed by atoms with van der Waals surface area (Å²) in [6.07, 6.45) is 5.63. The number of ether oxygens (including phenoxy) is 2. The molecule has 2 aromatic rings. The van der Waals surface area contributed by atoms with Gasteiger partial charge in [0.25, 0.3) is 0 Å². The largest absolute Gasteiger partial charge is 0.496 e. The fourth-order valence-corrected chi connectivity index (χ4v) is 3.19. The van der Waals surface area contributed by atoms with Gasteiger partial charge in [-0.2, -0.15) is 4.98 Å².